The Morgan fingerprint density at radius 2 is 1.84 bits per heavy atom. The summed E-state index contributed by atoms with van der Waals surface area (Å²) in [4.78, 5) is 22.1. The standard InChI is InChI=1S/C18H22N4OS.ClH/c1-12-11-13(2)21-18(20-12)24-15-8-6-14(7-9-15)22-17(23)16-5-3-4-10-19-16;/h6-9,11,16,19H,3-5,10H2,1-2H3,(H,22,23);1H. The van der Waals surface area contributed by atoms with Gasteiger partial charge in [-0.15, -0.1) is 12.4 Å². The first kappa shape index (κ1) is 19.7. The molecule has 0 radical (unpaired) electrons. The minimum Gasteiger partial charge on any atom is -0.325 e. The number of benzene rings is 1. The number of carbonyl (C=O) groups excluding carboxylic acids is 1. The van der Waals surface area contributed by atoms with E-state index in [1.807, 2.05) is 44.2 Å². The summed E-state index contributed by atoms with van der Waals surface area (Å²) in [6.07, 6.45) is 3.16. The highest BCUT2D eigenvalue weighted by atomic mass is 35.5. The molecule has 1 aliphatic heterocycles. The summed E-state index contributed by atoms with van der Waals surface area (Å²) in [7, 11) is 0. The number of aromatic nitrogens is 2. The molecule has 1 saturated heterocycles. The lowest BCUT2D eigenvalue weighted by molar-refractivity contribution is -0.118. The molecule has 1 atom stereocenters. The Morgan fingerprint density at radius 3 is 2.44 bits per heavy atom. The van der Waals surface area contributed by atoms with Crippen molar-refractivity contribution < 1.29 is 4.79 Å². The first-order valence-corrected chi connectivity index (χ1v) is 9.06. The molecule has 0 bridgehead atoms. The van der Waals surface area contributed by atoms with E-state index >= 15 is 0 Å². The first-order valence-electron chi connectivity index (χ1n) is 8.24. The second-order valence-corrected chi connectivity index (χ2v) is 7.09. The SMILES string of the molecule is Cc1cc(C)nc(Sc2ccc(NC(=O)C3CCCCN3)cc2)n1.Cl. The Bertz CT molecular complexity index is 697. The number of hydrogen-bond acceptors (Lipinski definition) is 5. The lowest BCUT2D eigenvalue weighted by Gasteiger charge is -2.22. The molecule has 1 amide bonds. The van der Waals surface area contributed by atoms with E-state index in [1.165, 1.54) is 11.8 Å². The maximum Gasteiger partial charge on any atom is 0.241 e. The van der Waals surface area contributed by atoms with Crippen LogP contribution in [0.25, 0.3) is 0 Å². The van der Waals surface area contributed by atoms with E-state index in [0.717, 1.165) is 52.9 Å². The van der Waals surface area contributed by atoms with Gasteiger partial charge in [0.2, 0.25) is 5.91 Å². The van der Waals surface area contributed by atoms with Crippen molar-refractivity contribution in [3.8, 4) is 0 Å². The first-order chi connectivity index (χ1) is 11.6. The third-order valence-corrected chi connectivity index (χ3v) is 4.79. The van der Waals surface area contributed by atoms with Crippen LogP contribution in [0.4, 0.5) is 5.69 Å². The van der Waals surface area contributed by atoms with Crippen molar-refractivity contribution in [2.24, 2.45) is 0 Å². The molecule has 1 aliphatic rings. The van der Waals surface area contributed by atoms with Gasteiger partial charge in [0.05, 0.1) is 6.04 Å². The molecule has 1 aromatic heterocycles. The average Bonchev–Trinajstić information content (AvgIpc) is 2.56. The molecule has 2 heterocycles. The highest BCUT2D eigenvalue weighted by molar-refractivity contribution is 7.99. The number of piperidine rings is 1. The molecule has 2 aromatic rings. The summed E-state index contributed by atoms with van der Waals surface area (Å²) in [5, 5.41) is 6.99. The maximum atomic E-state index is 12.2. The zero-order valence-corrected chi connectivity index (χ0v) is 16.0. The van der Waals surface area contributed by atoms with Gasteiger partial charge in [-0.2, -0.15) is 0 Å². The topological polar surface area (TPSA) is 66.9 Å². The molecular formula is C18H23ClN4OS. The van der Waals surface area contributed by atoms with Crippen LogP contribution in [0.15, 0.2) is 40.4 Å². The van der Waals surface area contributed by atoms with Crippen molar-refractivity contribution in [1.29, 1.82) is 0 Å². The monoisotopic (exact) mass is 378 g/mol. The molecule has 5 nitrogen and oxygen atoms in total. The number of nitrogens with zero attached hydrogens (tertiary/aromatic N) is 2. The Hall–Kier alpha value is -1.63. The Labute approximate surface area is 158 Å². The molecule has 7 heteroatoms. The molecule has 0 saturated carbocycles. The van der Waals surface area contributed by atoms with Gasteiger partial charge in [0, 0.05) is 22.0 Å². The van der Waals surface area contributed by atoms with Crippen LogP contribution in [-0.4, -0.2) is 28.5 Å². The molecule has 0 aliphatic carbocycles. The lowest BCUT2D eigenvalue weighted by Crippen LogP contribution is -2.43. The molecular weight excluding hydrogens is 356 g/mol. The normalized spacial score (nSPS) is 16.8. The van der Waals surface area contributed by atoms with E-state index in [-0.39, 0.29) is 24.4 Å². The second kappa shape index (κ2) is 9.17. The fourth-order valence-corrected chi connectivity index (χ4v) is 3.62. The number of carbonyl (C=O) groups is 1. The van der Waals surface area contributed by atoms with Crippen LogP contribution in [0.5, 0.6) is 0 Å². The summed E-state index contributed by atoms with van der Waals surface area (Å²) in [6.45, 7) is 4.86. The van der Waals surface area contributed by atoms with Gasteiger partial charge in [-0.25, -0.2) is 9.97 Å². The van der Waals surface area contributed by atoms with Crippen molar-refractivity contribution in [1.82, 2.24) is 15.3 Å². The summed E-state index contributed by atoms with van der Waals surface area (Å²) in [6, 6.07) is 9.70. The third-order valence-electron chi connectivity index (χ3n) is 3.92. The van der Waals surface area contributed by atoms with Gasteiger partial charge < -0.3 is 10.6 Å². The third kappa shape index (κ3) is 5.70. The van der Waals surface area contributed by atoms with E-state index in [0.29, 0.717) is 0 Å². The maximum absolute atomic E-state index is 12.2. The minimum atomic E-state index is -0.0727. The number of nitrogens with one attached hydrogen (secondary N) is 2. The van der Waals surface area contributed by atoms with E-state index in [4.69, 9.17) is 0 Å². The van der Waals surface area contributed by atoms with Crippen LogP contribution < -0.4 is 10.6 Å². The quantitative estimate of drug-likeness (QED) is 0.793. The van der Waals surface area contributed by atoms with E-state index in [9.17, 15) is 4.79 Å². The smallest absolute Gasteiger partial charge is 0.241 e. The van der Waals surface area contributed by atoms with Crippen molar-refractivity contribution in [2.45, 2.75) is 49.2 Å². The molecule has 1 unspecified atom stereocenters. The van der Waals surface area contributed by atoms with Crippen LogP contribution in [0.1, 0.15) is 30.7 Å². The lowest BCUT2D eigenvalue weighted by atomic mass is 10.0. The fraction of sp³-hybridized carbons (Fsp3) is 0.389. The van der Waals surface area contributed by atoms with E-state index in [1.54, 1.807) is 0 Å². The Balaban J connectivity index is 0.00000225. The zero-order valence-electron chi connectivity index (χ0n) is 14.4. The van der Waals surface area contributed by atoms with Gasteiger partial charge in [-0.3, -0.25) is 4.79 Å². The molecule has 2 N–H and O–H groups in total. The van der Waals surface area contributed by atoms with Gasteiger partial charge in [0.1, 0.15) is 0 Å². The molecule has 0 spiro atoms. The fourth-order valence-electron chi connectivity index (χ4n) is 2.76. The average molecular weight is 379 g/mol. The van der Waals surface area contributed by atoms with Gasteiger partial charge in [0.15, 0.2) is 5.16 Å². The summed E-state index contributed by atoms with van der Waals surface area (Å²) < 4.78 is 0. The number of aryl methyl sites for hydroxylation is 2. The number of rotatable bonds is 4. The van der Waals surface area contributed by atoms with Gasteiger partial charge in [0.25, 0.3) is 0 Å². The van der Waals surface area contributed by atoms with Gasteiger partial charge in [-0.05, 0) is 75.3 Å². The summed E-state index contributed by atoms with van der Waals surface area (Å²) in [5.74, 6) is 0.0488. The largest absolute Gasteiger partial charge is 0.325 e. The van der Waals surface area contributed by atoms with Crippen LogP contribution >= 0.6 is 24.2 Å². The van der Waals surface area contributed by atoms with E-state index < -0.39 is 0 Å². The summed E-state index contributed by atoms with van der Waals surface area (Å²) >= 11 is 1.52. The number of hydrogen-bond donors (Lipinski definition) is 2. The van der Waals surface area contributed by atoms with Crippen molar-refractivity contribution >= 4 is 35.8 Å². The number of anilines is 1. The second-order valence-electron chi connectivity index (χ2n) is 6.05. The summed E-state index contributed by atoms with van der Waals surface area (Å²) in [5.41, 5.74) is 2.75. The van der Waals surface area contributed by atoms with Crippen molar-refractivity contribution in [2.75, 3.05) is 11.9 Å². The highest BCUT2D eigenvalue weighted by Gasteiger charge is 2.20. The predicted molar refractivity (Wildman–Crippen MR) is 104 cm³/mol. The predicted octanol–water partition coefficient (Wildman–Crippen LogP) is 3.75. The number of halogens is 1. The minimum absolute atomic E-state index is 0. The molecule has 1 fully saturated rings. The van der Waals surface area contributed by atoms with Gasteiger partial charge in [-0.1, -0.05) is 6.42 Å². The van der Waals surface area contributed by atoms with Gasteiger partial charge >= 0.3 is 0 Å². The van der Waals surface area contributed by atoms with E-state index in [2.05, 4.69) is 20.6 Å². The number of amides is 1. The Kier molecular flexibility index (Phi) is 7.23. The molecule has 1 aromatic carbocycles. The van der Waals surface area contributed by atoms with Crippen LogP contribution in [0.3, 0.4) is 0 Å². The molecule has 3 rings (SSSR count). The molecule has 25 heavy (non-hydrogen) atoms. The Morgan fingerprint density at radius 1 is 1.16 bits per heavy atom. The van der Waals surface area contributed by atoms with Crippen molar-refractivity contribution in [3.05, 3.63) is 41.7 Å². The highest BCUT2D eigenvalue weighted by Crippen LogP contribution is 2.26. The van der Waals surface area contributed by atoms with Crippen LogP contribution in [0, 0.1) is 13.8 Å². The van der Waals surface area contributed by atoms with Crippen LogP contribution in [-0.2, 0) is 4.79 Å². The zero-order chi connectivity index (χ0) is 16.9. The van der Waals surface area contributed by atoms with Crippen molar-refractivity contribution in [3.63, 3.8) is 0 Å². The molecule has 134 valence electrons. The van der Waals surface area contributed by atoms with Crippen LogP contribution in [0.2, 0.25) is 0 Å².